The Labute approximate surface area is 134 Å². The van der Waals surface area contributed by atoms with Crippen LogP contribution in [0, 0.1) is 6.92 Å². The van der Waals surface area contributed by atoms with E-state index in [-0.39, 0.29) is 5.91 Å². The standard InChI is InChI=1S/C16H19N5O2/c1-12-17-6-5-14(19-12)16(22)18-11-13-3-2-4-15(20-13)21-7-9-23-10-8-21/h2-6H,7-11H2,1H3,(H,18,22). The average molecular weight is 313 g/mol. The molecule has 1 aliphatic heterocycles. The number of amides is 1. The lowest BCUT2D eigenvalue weighted by atomic mass is 10.3. The smallest absolute Gasteiger partial charge is 0.270 e. The van der Waals surface area contributed by atoms with Crippen molar-refractivity contribution < 1.29 is 9.53 Å². The molecule has 1 amide bonds. The van der Waals surface area contributed by atoms with Gasteiger partial charge in [0.1, 0.15) is 17.3 Å². The highest BCUT2D eigenvalue weighted by Crippen LogP contribution is 2.13. The van der Waals surface area contributed by atoms with Crippen molar-refractivity contribution in [1.29, 1.82) is 0 Å². The zero-order valence-electron chi connectivity index (χ0n) is 13.0. The number of aromatic nitrogens is 3. The van der Waals surface area contributed by atoms with E-state index in [2.05, 4.69) is 25.2 Å². The molecule has 1 aliphatic rings. The van der Waals surface area contributed by atoms with Crippen molar-refractivity contribution in [3.63, 3.8) is 0 Å². The Kier molecular flexibility index (Phi) is 4.77. The molecule has 7 heteroatoms. The van der Waals surface area contributed by atoms with Crippen LogP contribution in [0.15, 0.2) is 30.5 Å². The predicted octanol–water partition coefficient (Wildman–Crippen LogP) is 0.947. The molecule has 3 heterocycles. The van der Waals surface area contributed by atoms with E-state index in [9.17, 15) is 4.79 Å². The van der Waals surface area contributed by atoms with E-state index in [0.29, 0.717) is 18.1 Å². The van der Waals surface area contributed by atoms with Gasteiger partial charge in [-0.25, -0.2) is 15.0 Å². The van der Waals surface area contributed by atoms with Gasteiger partial charge in [0, 0.05) is 19.3 Å². The molecule has 0 radical (unpaired) electrons. The summed E-state index contributed by atoms with van der Waals surface area (Å²) in [6.45, 7) is 5.22. The van der Waals surface area contributed by atoms with Crippen LogP contribution < -0.4 is 10.2 Å². The molecule has 120 valence electrons. The van der Waals surface area contributed by atoms with E-state index in [0.717, 1.165) is 37.8 Å². The summed E-state index contributed by atoms with van der Waals surface area (Å²) in [7, 11) is 0. The lowest BCUT2D eigenvalue weighted by molar-refractivity contribution is 0.0945. The molecule has 0 spiro atoms. The van der Waals surface area contributed by atoms with Crippen LogP contribution in [0.3, 0.4) is 0 Å². The lowest BCUT2D eigenvalue weighted by Crippen LogP contribution is -2.37. The van der Waals surface area contributed by atoms with Crippen molar-refractivity contribution in [3.8, 4) is 0 Å². The first kappa shape index (κ1) is 15.4. The summed E-state index contributed by atoms with van der Waals surface area (Å²) in [6.07, 6.45) is 1.58. The van der Waals surface area contributed by atoms with Gasteiger partial charge in [0.2, 0.25) is 0 Å². The maximum absolute atomic E-state index is 12.1. The van der Waals surface area contributed by atoms with Crippen molar-refractivity contribution in [2.75, 3.05) is 31.2 Å². The molecule has 0 aliphatic carbocycles. The Morgan fingerprint density at radius 2 is 2.09 bits per heavy atom. The second kappa shape index (κ2) is 7.15. The second-order valence-corrected chi connectivity index (χ2v) is 5.26. The van der Waals surface area contributed by atoms with Gasteiger partial charge >= 0.3 is 0 Å². The minimum atomic E-state index is -0.228. The zero-order chi connectivity index (χ0) is 16.1. The lowest BCUT2D eigenvalue weighted by Gasteiger charge is -2.28. The van der Waals surface area contributed by atoms with Gasteiger partial charge in [0.25, 0.3) is 5.91 Å². The third-order valence-corrected chi connectivity index (χ3v) is 3.57. The van der Waals surface area contributed by atoms with Gasteiger partial charge in [0.05, 0.1) is 25.5 Å². The fourth-order valence-corrected chi connectivity index (χ4v) is 2.38. The highest BCUT2D eigenvalue weighted by molar-refractivity contribution is 5.92. The first-order chi connectivity index (χ1) is 11.2. The van der Waals surface area contributed by atoms with E-state index in [1.165, 1.54) is 0 Å². The third-order valence-electron chi connectivity index (χ3n) is 3.57. The highest BCUT2D eigenvalue weighted by atomic mass is 16.5. The Balaban J connectivity index is 1.63. The molecule has 3 rings (SSSR count). The van der Waals surface area contributed by atoms with E-state index in [4.69, 9.17) is 4.74 Å². The van der Waals surface area contributed by atoms with E-state index in [1.54, 1.807) is 19.2 Å². The number of carbonyl (C=O) groups is 1. The van der Waals surface area contributed by atoms with Gasteiger partial charge in [-0.15, -0.1) is 0 Å². The number of hydrogen-bond acceptors (Lipinski definition) is 6. The zero-order valence-corrected chi connectivity index (χ0v) is 13.0. The topological polar surface area (TPSA) is 80.2 Å². The maximum atomic E-state index is 12.1. The monoisotopic (exact) mass is 313 g/mol. The molecular weight excluding hydrogens is 294 g/mol. The van der Waals surface area contributed by atoms with Crippen molar-refractivity contribution in [3.05, 3.63) is 47.7 Å². The minimum absolute atomic E-state index is 0.228. The summed E-state index contributed by atoms with van der Waals surface area (Å²) in [4.78, 5) is 27.0. The molecule has 0 saturated carbocycles. The van der Waals surface area contributed by atoms with Gasteiger partial charge in [-0.05, 0) is 25.1 Å². The number of carbonyl (C=O) groups excluding carboxylic acids is 1. The summed E-state index contributed by atoms with van der Waals surface area (Å²) in [5, 5.41) is 2.84. The molecule has 0 aromatic carbocycles. The third kappa shape index (κ3) is 4.01. The number of aryl methyl sites for hydroxylation is 1. The average Bonchev–Trinajstić information content (AvgIpc) is 2.61. The SMILES string of the molecule is Cc1nccc(C(=O)NCc2cccc(N3CCOCC3)n2)n1. The van der Waals surface area contributed by atoms with Gasteiger partial charge in [-0.2, -0.15) is 0 Å². The first-order valence-electron chi connectivity index (χ1n) is 7.59. The molecule has 1 fully saturated rings. The van der Waals surface area contributed by atoms with Crippen LogP contribution in [0.1, 0.15) is 22.0 Å². The molecule has 0 bridgehead atoms. The van der Waals surface area contributed by atoms with Crippen LogP contribution in [0.5, 0.6) is 0 Å². The molecule has 1 N–H and O–H groups in total. The molecule has 1 saturated heterocycles. The van der Waals surface area contributed by atoms with Crippen LogP contribution in [0.4, 0.5) is 5.82 Å². The second-order valence-electron chi connectivity index (χ2n) is 5.26. The van der Waals surface area contributed by atoms with Gasteiger partial charge < -0.3 is 15.0 Å². The van der Waals surface area contributed by atoms with Gasteiger partial charge in [0.15, 0.2) is 0 Å². The van der Waals surface area contributed by atoms with Gasteiger partial charge in [-0.1, -0.05) is 6.07 Å². The highest BCUT2D eigenvalue weighted by Gasteiger charge is 2.13. The summed E-state index contributed by atoms with van der Waals surface area (Å²) in [6, 6.07) is 7.42. The van der Waals surface area contributed by atoms with E-state index < -0.39 is 0 Å². The molecule has 0 atom stereocenters. The Morgan fingerprint density at radius 1 is 1.26 bits per heavy atom. The minimum Gasteiger partial charge on any atom is -0.378 e. The van der Waals surface area contributed by atoms with Crippen molar-refractivity contribution in [2.24, 2.45) is 0 Å². The molecule has 7 nitrogen and oxygen atoms in total. The normalized spacial score (nSPS) is 14.6. The van der Waals surface area contributed by atoms with Crippen LogP contribution >= 0.6 is 0 Å². The summed E-state index contributed by atoms with van der Waals surface area (Å²) in [5.74, 6) is 1.26. The Morgan fingerprint density at radius 3 is 2.87 bits per heavy atom. The summed E-state index contributed by atoms with van der Waals surface area (Å²) in [5.41, 5.74) is 1.18. The largest absolute Gasteiger partial charge is 0.378 e. The molecule has 2 aromatic heterocycles. The summed E-state index contributed by atoms with van der Waals surface area (Å²) < 4.78 is 5.35. The number of anilines is 1. The number of pyridine rings is 1. The van der Waals surface area contributed by atoms with Crippen LogP contribution in [0.25, 0.3) is 0 Å². The number of morpholine rings is 1. The Hall–Kier alpha value is -2.54. The van der Waals surface area contributed by atoms with Crippen molar-refractivity contribution in [1.82, 2.24) is 20.3 Å². The summed E-state index contributed by atoms with van der Waals surface area (Å²) >= 11 is 0. The van der Waals surface area contributed by atoms with E-state index in [1.807, 2.05) is 18.2 Å². The number of nitrogens with zero attached hydrogens (tertiary/aromatic N) is 4. The number of rotatable bonds is 4. The van der Waals surface area contributed by atoms with Crippen LogP contribution in [-0.4, -0.2) is 47.2 Å². The Bertz CT molecular complexity index is 686. The predicted molar refractivity (Wildman–Crippen MR) is 85.2 cm³/mol. The number of nitrogens with one attached hydrogen (secondary N) is 1. The quantitative estimate of drug-likeness (QED) is 0.905. The number of hydrogen-bond donors (Lipinski definition) is 1. The van der Waals surface area contributed by atoms with Crippen LogP contribution in [-0.2, 0) is 11.3 Å². The fourth-order valence-electron chi connectivity index (χ4n) is 2.38. The molecular formula is C16H19N5O2. The fraction of sp³-hybridized carbons (Fsp3) is 0.375. The molecule has 2 aromatic rings. The van der Waals surface area contributed by atoms with Crippen LogP contribution in [0.2, 0.25) is 0 Å². The molecule has 0 unspecified atom stereocenters. The molecule has 23 heavy (non-hydrogen) atoms. The number of ether oxygens (including phenoxy) is 1. The van der Waals surface area contributed by atoms with Crippen molar-refractivity contribution >= 4 is 11.7 Å². The van der Waals surface area contributed by atoms with E-state index >= 15 is 0 Å². The van der Waals surface area contributed by atoms with Crippen molar-refractivity contribution in [2.45, 2.75) is 13.5 Å². The maximum Gasteiger partial charge on any atom is 0.270 e. The van der Waals surface area contributed by atoms with Gasteiger partial charge in [-0.3, -0.25) is 4.79 Å². The first-order valence-corrected chi connectivity index (χ1v) is 7.59.